The second kappa shape index (κ2) is 10.3. The molecule has 0 aliphatic carbocycles. The van der Waals surface area contributed by atoms with Crippen LogP contribution >= 0.6 is 24.0 Å². The van der Waals surface area contributed by atoms with E-state index < -0.39 is 11.7 Å². The number of alkyl halides is 3. The molecule has 0 bridgehead atoms. The van der Waals surface area contributed by atoms with Crippen LogP contribution < -0.4 is 16.0 Å². The Morgan fingerprint density at radius 2 is 1.80 bits per heavy atom. The summed E-state index contributed by atoms with van der Waals surface area (Å²) in [6, 6.07) is 11.5. The van der Waals surface area contributed by atoms with E-state index >= 15 is 0 Å². The van der Waals surface area contributed by atoms with Crippen molar-refractivity contribution in [3.63, 3.8) is 0 Å². The minimum atomic E-state index is -4.40. The molecule has 0 unspecified atom stereocenters. The fourth-order valence-corrected chi connectivity index (χ4v) is 3.32. The summed E-state index contributed by atoms with van der Waals surface area (Å²) in [5.41, 5.74) is 8.44. The van der Waals surface area contributed by atoms with Gasteiger partial charge >= 0.3 is 6.18 Å². The summed E-state index contributed by atoms with van der Waals surface area (Å²) < 4.78 is 39.7. The lowest BCUT2D eigenvalue weighted by Gasteiger charge is -2.35. The number of likely N-dealkylation sites (N-methyl/N-ethyl adjacent to an activating group) is 1. The first-order valence-electron chi connectivity index (χ1n) is 9.49. The number of rotatable bonds is 4. The maximum Gasteiger partial charge on any atom is 0.416 e. The van der Waals surface area contributed by atoms with Gasteiger partial charge in [-0.2, -0.15) is 13.2 Å². The van der Waals surface area contributed by atoms with Crippen LogP contribution in [0.25, 0.3) is 0 Å². The number of nitrogens with one attached hydrogen (secondary N) is 1. The number of halogens is 4. The van der Waals surface area contributed by atoms with Crippen molar-refractivity contribution in [1.29, 1.82) is 0 Å². The van der Waals surface area contributed by atoms with Crippen molar-refractivity contribution in [1.82, 2.24) is 4.90 Å². The van der Waals surface area contributed by atoms with Crippen molar-refractivity contribution >= 4 is 41.3 Å². The lowest BCUT2D eigenvalue weighted by molar-refractivity contribution is -0.137. The lowest BCUT2D eigenvalue weighted by atomic mass is 10.1. The molecule has 2 aromatic rings. The van der Waals surface area contributed by atoms with Crippen molar-refractivity contribution in [2.75, 3.05) is 43.4 Å². The Bertz CT molecular complexity index is 877. The fourth-order valence-electron chi connectivity index (χ4n) is 3.32. The maximum atomic E-state index is 13.2. The first-order valence-corrected chi connectivity index (χ1v) is 9.49. The number of guanidine groups is 1. The van der Waals surface area contributed by atoms with E-state index in [0.717, 1.165) is 49.2 Å². The number of benzene rings is 2. The van der Waals surface area contributed by atoms with Crippen LogP contribution in [0.5, 0.6) is 0 Å². The molecule has 5 nitrogen and oxygen atoms in total. The highest BCUT2D eigenvalue weighted by molar-refractivity contribution is 14.0. The van der Waals surface area contributed by atoms with Gasteiger partial charge in [-0.3, -0.25) is 0 Å². The topological polar surface area (TPSA) is 56.9 Å². The van der Waals surface area contributed by atoms with Crippen LogP contribution in [0, 0.1) is 6.92 Å². The van der Waals surface area contributed by atoms with Crippen LogP contribution in [0.2, 0.25) is 0 Å². The van der Waals surface area contributed by atoms with Crippen molar-refractivity contribution < 1.29 is 13.2 Å². The largest absolute Gasteiger partial charge is 0.416 e. The summed E-state index contributed by atoms with van der Waals surface area (Å²) in [7, 11) is 2.03. The van der Waals surface area contributed by atoms with Gasteiger partial charge in [0.2, 0.25) is 0 Å². The van der Waals surface area contributed by atoms with Crippen molar-refractivity contribution in [3.8, 4) is 0 Å². The van der Waals surface area contributed by atoms with Gasteiger partial charge in [-0.15, -0.1) is 24.0 Å². The molecule has 0 aromatic heterocycles. The van der Waals surface area contributed by atoms with E-state index in [9.17, 15) is 13.2 Å². The first kappa shape index (κ1) is 24.3. The number of aliphatic imine (C=N–C) groups is 1. The van der Waals surface area contributed by atoms with E-state index in [1.807, 2.05) is 38.2 Å². The van der Waals surface area contributed by atoms with Gasteiger partial charge in [-0.05, 0) is 55.4 Å². The summed E-state index contributed by atoms with van der Waals surface area (Å²) in [5, 5.41) is 2.99. The molecular weight excluding hydrogens is 506 g/mol. The van der Waals surface area contributed by atoms with E-state index in [1.54, 1.807) is 6.07 Å². The number of piperazine rings is 1. The monoisotopic (exact) mass is 533 g/mol. The van der Waals surface area contributed by atoms with Crippen LogP contribution in [0.3, 0.4) is 0 Å². The third kappa shape index (κ3) is 6.49. The van der Waals surface area contributed by atoms with Crippen LogP contribution in [0.1, 0.15) is 16.7 Å². The molecule has 2 aromatic carbocycles. The fraction of sp³-hybridized carbons (Fsp3) is 0.381. The van der Waals surface area contributed by atoms with Crippen LogP contribution in [-0.2, 0) is 12.7 Å². The normalized spacial score (nSPS) is 15.6. The number of hydrogen-bond acceptors (Lipinski definition) is 3. The zero-order valence-electron chi connectivity index (χ0n) is 17.0. The minimum Gasteiger partial charge on any atom is -0.370 e. The Morgan fingerprint density at radius 3 is 2.43 bits per heavy atom. The van der Waals surface area contributed by atoms with E-state index in [4.69, 9.17) is 5.73 Å². The molecule has 0 atom stereocenters. The molecule has 1 aliphatic heterocycles. The molecule has 0 spiro atoms. The molecule has 1 heterocycles. The average Bonchev–Trinajstić information content (AvgIpc) is 2.66. The molecule has 1 fully saturated rings. The Labute approximate surface area is 192 Å². The zero-order valence-corrected chi connectivity index (χ0v) is 19.4. The minimum absolute atomic E-state index is 0. The summed E-state index contributed by atoms with van der Waals surface area (Å²) in [6.07, 6.45) is -4.40. The Hall–Kier alpha value is -2.01. The third-order valence-electron chi connectivity index (χ3n) is 4.96. The highest BCUT2D eigenvalue weighted by Gasteiger charge is 2.31. The number of nitrogens with two attached hydrogens (primary N) is 1. The highest BCUT2D eigenvalue weighted by atomic mass is 127. The van der Waals surface area contributed by atoms with Gasteiger partial charge in [0.1, 0.15) is 0 Å². The lowest BCUT2D eigenvalue weighted by Crippen LogP contribution is -2.44. The Morgan fingerprint density at radius 1 is 1.10 bits per heavy atom. The Kier molecular flexibility index (Phi) is 8.36. The number of aryl methyl sites for hydroxylation is 1. The van der Waals surface area contributed by atoms with Gasteiger partial charge in [0.25, 0.3) is 0 Å². The standard InChI is InChI=1S/C21H26F3N5.HI/c1-15-4-3-5-18(12-15)27-20(25)26-14-16-13-17(21(22,23)24)6-7-19(16)29-10-8-28(2)9-11-29;/h3-7,12-13H,8-11,14H2,1-2H3,(H3,25,26,27);1H. The molecule has 3 N–H and O–H groups in total. The smallest absolute Gasteiger partial charge is 0.370 e. The number of anilines is 2. The average molecular weight is 533 g/mol. The van der Waals surface area contributed by atoms with E-state index in [2.05, 4.69) is 20.1 Å². The number of nitrogens with zero attached hydrogens (tertiary/aromatic N) is 3. The third-order valence-corrected chi connectivity index (χ3v) is 4.96. The maximum absolute atomic E-state index is 13.2. The van der Waals surface area contributed by atoms with E-state index in [-0.39, 0.29) is 36.5 Å². The molecule has 1 aliphatic rings. The summed E-state index contributed by atoms with van der Waals surface area (Å²) >= 11 is 0. The predicted molar refractivity (Wildman–Crippen MR) is 127 cm³/mol. The second-order valence-electron chi connectivity index (χ2n) is 7.33. The quantitative estimate of drug-likeness (QED) is 0.350. The van der Waals surface area contributed by atoms with Crippen LogP contribution in [-0.4, -0.2) is 44.1 Å². The van der Waals surface area contributed by atoms with E-state index in [0.29, 0.717) is 5.56 Å². The predicted octanol–water partition coefficient (Wildman–Crippen LogP) is 4.31. The highest BCUT2D eigenvalue weighted by Crippen LogP contribution is 2.33. The number of hydrogen-bond donors (Lipinski definition) is 2. The van der Waals surface area contributed by atoms with Gasteiger partial charge in [-0.25, -0.2) is 4.99 Å². The van der Waals surface area contributed by atoms with Gasteiger partial charge in [0.05, 0.1) is 12.1 Å². The molecule has 0 saturated carbocycles. The molecule has 3 rings (SSSR count). The van der Waals surface area contributed by atoms with Crippen molar-refractivity contribution in [2.45, 2.75) is 19.6 Å². The molecular formula is C21H27F3IN5. The molecule has 30 heavy (non-hydrogen) atoms. The molecule has 9 heteroatoms. The van der Waals surface area contributed by atoms with Crippen molar-refractivity contribution in [2.24, 2.45) is 10.7 Å². The molecule has 0 radical (unpaired) electrons. The molecule has 1 saturated heterocycles. The van der Waals surface area contributed by atoms with Crippen LogP contribution in [0.4, 0.5) is 24.5 Å². The molecule has 164 valence electrons. The summed E-state index contributed by atoms with van der Waals surface area (Å²) in [6.45, 7) is 5.27. The molecule has 0 amide bonds. The first-order chi connectivity index (χ1) is 13.7. The summed E-state index contributed by atoms with van der Waals surface area (Å²) in [4.78, 5) is 8.59. The van der Waals surface area contributed by atoms with E-state index in [1.165, 1.54) is 6.07 Å². The Balaban J connectivity index is 0.00000320. The van der Waals surface area contributed by atoms with Gasteiger partial charge in [-0.1, -0.05) is 12.1 Å². The zero-order chi connectivity index (χ0) is 21.0. The SMILES string of the molecule is Cc1cccc(NC(N)=NCc2cc(C(F)(F)F)ccc2N2CCN(C)CC2)c1.I. The summed E-state index contributed by atoms with van der Waals surface area (Å²) in [5.74, 6) is 0.164. The van der Waals surface area contributed by atoms with Gasteiger partial charge < -0.3 is 20.9 Å². The van der Waals surface area contributed by atoms with Crippen LogP contribution in [0.15, 0.2) is 47.5 Å². The second-order valence-corrected chi connectivity index (χ2v) is 7.33. The van der Waals surface area contributed by atoms with Gasteiger partial charge in [0.15, 0.2) is 5.96 Å². The van der Waals surface area contributed by atoms with Crippen molar-refractivity contribution in [3.05, 3.63) is 59.2 Å². The van der Waals surface area contributed by atoms with Gasteiger partial charge in [0, 0.05) is 37.6 Å².